The lowest BCUT2D eigenvalue weighted by Gasteiger charge is -2.33. The molecule has 0 radical (unpaired) electrons. The van der Waals surface area contributed by atoms with E-state index in [1.807, 2.05) is 0 Å². The number of hydrogen-bond acceptors (Lipinski definition) is 3. The molecule has 1 unspecified atom stereocenters. The van der Waals surface area contributed by atoms with E-state index in [1.165, 1.54) is 0 Å². The molecule has 1 aliphatic heterocycles. The van der Waals surface area contributed by atoms with Crippen LogP contribution < -0.4 is 0 Å². The number of amides is 1. The Labute approximate surface area is 116 Å². The highest BCUT2D eigenvalue weighted by molar-refractivity contribution is 5.65. The third-order valence-corrected chi connectivity index (χ3v) is 3.61. The van der Waals surface area contributed by atoms with E-state index < -0.39 is 6.09 Å². The predicted molar refractivity (Wildman–Crippen MR) is 75.6 cm³/mol. The van der Waals surface area contributed by atoms with Crippen molar-refractivity contribution >= 4 is 6.09 Å². The maximum atomic E-state index is 11.1. The summed E-state index contributed by atoms with van der Waals surface area (Å²) in [6.45, 7) is 3.24. The smallest absolute Gasteiger partial charge is 0.407 e. The van der Waals surface area contributed by atoms with Crippen LogP contribution in [0, 0.1) is 0 Å². The number of carboxylic acid groups (broad SMARTS) is 1. The van der Waals surface area contributed by atoms with Crippen LogP contribution in [0.5, 0.6) is 0 Å². The summed E-state index contributed by atoms with van der Waals surface area (Å²) < 4.78 is 5.61. The fourth-order valence-electron chi connectivity index (χ4n) is 2.51. The summed E-state index contributed by atoms with van der Waals surface area (Å²) in [5.41, 5.74) is 0. The molecule has 1 N–H and O–H groups in total. The number of piperidine rings is 1. The van der Waals surface area contributed by atoms with Crippen LogP contribution in [0.1, 0.15) is 38.5 Å². The SMILES string of the molecule is CN(C)CCCCOCCC1CCCCN1C(=O)O. The molecule has 112 valence electrons. The van der Waals surface area contributed by atoms with Crippen molar-refractivity contribution in [2.24, 2.45) is 0 Å². The standard InChI is InChI=1S/C14H28N2O3/c1-15(2)9-5-6-11-19-12-8-13-7-3-4-10-16(13)14(17)18/h13H,3-12H2,1-2H3,(H,17,18). The van der Waals surface area contributed by atoms with Gasteiger partial charge >= 0.3 is 6.09 Å². The van der Waals surface area contributed by atoms with Crippen LogP contribution in [0.3, 0.4) is 0 Å². The second-order valence-corrected chi connectivity index (χ2v) is 5.54. The first-order valence-corrected chi connectivity index (χ1v) is 7.33. The molecule has 0 spiro atoms. The minimum Gasteiger partial charge on any atom is -0.465 e. The number of ether oxygens (including phenoxy) is 1. The second-order valence-electron chi connectivity index (χ2n) is 5.54. The average molecular weight is 272 g/mol. The molecule has 1 fully saturated rings. The van der Waals surface area contributed by atoms with Gasteiger partial charge in [0.2, 0.25) is 0 Å². The third-order valence-electron chi connectivity index (χ3n) is 3.61. The molecule has 0 aromatic heterocycles. The summed E-state index contributed by atoms with van der Waals surface area (Å²) >= 11 is 0. The van der Waals surface area contributed by atoms with Crippen LogP contribution in [0.15, 0.2) is 0 Å². The van der Waals surface area contributed by atoms with Gasteiger partial charge in [-0.25, -0.2) is 4.79 Å². The summed E-state index contributed by atoms with van der Waals surface area (Å²) in [5, 5.41) is 9.11. The minimum atomic E-state index is -0.782. The highest BCUT2D eigenvalue weighted by Gasteiger charge is 2.25. The summed E-state index contributed by atoms with van der Waals surface area (Å²) in [5.74, 6) is 0. The highest BCUT2D eigenvalue weighted by atomic mass is 16.5. The van der Waals surface area contributed by atoms with E-state index in [2.05, 4.69) is 19.0 Å². The fourth-order valence-corrected chi connectivity index (χ4v) is 2.51. The average Bonchev–Trinajstić information content (AvgIpc) is 2.37. The number of nitrogens with zero attached hydrogens (tertiary/aromatic N) is 2. The van der Waals surface area contributed by atoms with Crippen molar-refractivity contribution in [2.75, 3.05) is 40.4 Å². The third kappa shape index (κ3) is 6.78. The summed E-state index contributed by atoms with van der Waals surface area (Å²) in [4.78, 5) is 14.8. The van der Waals surface area contributed by atoms with E-state index >= 15 is 0 Å². The van der Waals surface area contributed by atoms with E-state index in [4.69, 9.17) is 9.84 Å². The Balaban J connectivity index is 2.06. The van der Waals surface area contributed by atoms with Gasteiger partial charge in [0.25, 0.3) is 0 Å². The van der Waals surface area contributed by atoms with E-state index in [0.29, 0.717) is 13.2 Å². The van der Waals surface area contributed by atoms with Crippen molar-refractivity contribution < 1.29 is 14.6 Å². The normalized spacial score (nSPS) is 19.9. The van der Waals surface area contributed by atoms with Crippen LogP contribution in [-0.4, -0.2) is 67.4 Å². The topological polar surface area (TPSA) is 53.0 Å². The molecule has 1 amide bonds. The number of carbonyl (C=O) groups is 1. The number of unbranched alkanes of at least 4 members (excludes halogenated alkanes) is 1. The number of rotatable bonds is 8. The zero-order chi connectivity index (χ0) is 14.1. The zero-order valence-electron chi connectivity index (χ0n) is 12.3. The fraction of sp³-hybridized carbons (Fsp3) is 0.929. The lowest BCUT2D eigenvalue weighted by atomic mass is 10.0. The molecule has 5 heteroatoms. The van der Waals surface area contributed by atoms with Gasteiger partial charge in [-0.05, 0) is 59.2 Å². The van der Waals surface area contributed by atoms with Crippen molar-refractivity contribution in [2.45, 2.75) is 44.6 Å². The molecule has 1 rings (SSSR count). The molecule has 19 heavy (non-hydrogen) atoms. The Bertz CT molecular complexity index is 259. The summed E-state index contributed by atoms with van der Waals surface area (Å²) in [7, 11) is 4.15. The molecule has 1 saturated heterocycles. The van der Waals surface area contributed by atoms with Crippen molar-refractivity contribution in [1.82, 2.24) is 9.80 Å². The first kappa shape index (κ1) is 16.2. The molecule has 1 atom stereocenters. The molecular weight excluding hydrogens is 244 g/mol. The Morgan fingerprint density at radius 2 is 2.11 bits per heavy atom. The molecule has 5 nitrogen and oxygen atoms in total. The number of likely N-dealkylation sites (tertiary alicyclic amines) is 1. The largest absolute Gasteiger partial charge is 0.465 e. The lowest BCUT2D eigenvalue weighted by Crippen LogP contribution is -2.43. The molecule has 0 saturated carbocycles. The van der Waals surface area contributed by atoms with E-state index in [9.17, 15) is 4.79 Å². The summed E-state index contributed by atoms with van der Waals surface area (Å²) in [6, 6.07) is 0.160. The summed E-state index contributed by atoms with van der Waals surface area (Å²) in [6.07, 6.45) is 5.39. The van der Waals surface area contributed by atoms with Crippen LogP contribution in [0.4, 0.5) is 4.79 Å². The predicted octanol–water partition coefficient (Wildman–Crippen LogP) is 2.27. The van der Waals surface area contributed by atoms with Gasteiger partial charge in [0.05, 0.1) is 0 Å². The van der Waals surface area contributed by atoms with Crippen molar-refractivity contribution in [1.29, 1.82) is 0 Å². The Kier molecular flexibility index (Phi) is 7.82. The first-order chi connectivity index (χ1) is 9.11. The molecule has 1 heterocycles. The molecule has 0 aromatic rings. The second kappa shape index (κ2) is 9.15. The molecular formula is C14H28N2O3. The van der Waals surface area contributed by atoms with Crippen molar-refractivity contribution in [3.63, 3.8) is 0 Å². The molecule has 0 aliphatic carbocycles. The van der Waals surface area contributed by atoms with Gasteiger partial charge < -0.3 is 19.6 Å². The maximum absolute atomic E-state index is 11.1. The van der Waals surface area contributed by atoms with Gasteiger partial charge in [0.1, 0.15) is 0 Å². The van der Waals surface area contributed by atoms with E-state index in [-0.39, 0.29) is 6.04 Å². The van der Waals surface area contributed by atoms with E-state index in [1.54, 1.807) is 4.90 Å². The first-order valence-electron chi connectivity index (χ1n) is 7.33. The van der Waals surface area contributed by atoms with Crippen LogP contribution in [-0.2, 0) is 4.74 Å². The van der Waals surface area contributed by atoms with Gasteiger partial charge in [-0.1, -0.05) is 0 Å². The zero-order valence-corrected chi connectivity index (χ0v) is 12.3. The van der Waals surface area contributed by atoms with Crippen LogP contribution in [0.25, 0.3) is 0 Å². The lowest BCUT2D eigenvalue weighted by molar-refractivity contribution is 0.0728. The highest BCUT2D eigenvalue weighted by Crippen LogP contribution is 2.19. The van der Waals surface area contributed by atoms with Crippen LogP contribution in [0.2, 0.25) is 0 Å². The van der Waals surface area contributed by atoms with Gasteiger partial charge in [-0.3, -0.25) is 0 Å². The van der Waals surface area contributed by atoms with Crippen molar-refractivity contribution in [3.05, 3.63) is 0 Å². The Morgan fingerprint density at radius 1 is 1.32 bits per heavy atom. The monoisotopic (exact) mass is 272 g/mol. The Hall–Kier alpha value is -0.810. The molecule has 0 bridgehead atoms. The quantitative estimate of drug-likeness (QED) is 0.689. The van der Waals surface area contributed by atoms with Gasteiger partial charge in [0, 0.05) is 25.8 Å². The van der Waals surface area contributed by atoms with Gasteiger partial charge in [0.15, 0.2) is 0 Å². The van der Waals surface area contributed by atoms with Crippen molar-refractivity contribution in [3.8, 4) is 0 Å². The molecule has 1 aliphatic rings. The van der Waals surface area contributed by atoms with E-state index in [0.717, 1.165) is 51.7 Å². The Morgan fingerprint density at radius 3 is 2.79 bits per heavy atom. The van der Waals surface area contributed by atoms with Crippen LogP contribution >= 0.6 is 0 Å². The van der Waals surface area contributed by atoms with Gasteiger partial charge in [-0.15, -0.1) is 0 Å². The molecule has 0 aromatic carbocycles. The maximum Gasteiger partial charge on any atom is 0.407 e. The number of hydrogen-bond donors (Lipinski definition) is 1. The minimum absolute atomic E-state index is 0.160. The van der Waals surface area contributed by atoms with Gasteiger partial charge in [-0.2, -0.15) is 0 Å².